The molecule has 3 nitrogen and oxygen atoms in total. The van der Waals surface area contributed by atoms with Gasteiger partial charge in [0, 0.05) is 13.1 Å². The van der Waals surface area contributed by atoms with Crippen LogP contribution < -0.4 is 10.1 Å². The van der Waals surface area contributed by atoms with Crippen molar-refractivity contribution in [2.45, 2.75) is 19.8 Å². The number of benzene rings is 1. The standard InChI is InChI=1S/C14H24N2O/c1-11(2)12-6-7-13(14(10-12)17-5)15-8-9-16(3)4/h6-7,10-11,15H,8-9H2,1-5H3. The molecule has 0 aromatic heterocycles. The van der Waals surface area contributed by atoms with Crippen LogP contribution in [0.2, 0.25) is 0 Å². The minimum absolute atomic E-state index is 0.528. The topological polar surface area (TPSA) is 24.5 Å². The van der Waals surface area contributed by atoms with Gasteiger partial charge in [0.15, 0.2) is 0 Å². The van der Waals surface area contributed by atoms with E-state index in [1.807, 2.05) is 0 Å². The highest BCUT2D eigenvalue weighted by Gasteiger charge is 2.06. The zero-order valence-electron chi connectivity index (χ0n) is 11.6. The number of likely N-dealkylation sites (N-methyl/N-ethyl adjacent to an activating group) is 1. The maximum absolute atomic E-state index is 5.42. The molecule has 1 aromatic rings. The van der Waals surface area contributed by atoms with Gasteiger partial charge in [-0.25, -0.2) is 0 Å². The first kappa shape index (κ1) is 13.8. The molecule has 0 unspecified atom stereocenters. The monoisotopic (exact) mass is 236 g/mol. The molecule has 0 aliphatic heterocycles. The van der Waals surface area contributed by atoms with Gasteiger partial charge >= 0.3 is 0 Å². The number of rotatable bonds is 6. The molecule has 0 spiro atoms. The lowest BCUT2D eigenvalue weighted by Gasteiger charge is -2.15. The van der Waals surface area contributed by atoms with Gasteiger partial charge in [-0.05, 0) is 37.7 Å². The number of anilines is 1. The summed E-state index contributed by atoms with van der Waals surface area (Å²) < 4.78 is 5.42. The van der Waals surface area contributed by atoms with Crippen LogP contribution in [0, 0.1) is 0 Å². The van der Waals surface area contributed by atoms with E-state index in [2.05, 4.69) is 56.4 Å². The van der Waals surface area contributed by atoms with Gasteiger partial charge in [-0.15, -0.1) is 0 Å². The number of nitrogens with zero attached hydrogens (tertiary/aromatic N) is 1. The number of ether oxygens (including phenoxy) is 1. The van der Waals surface area contributed by atoms with Crippen molar-refractivity contribution in [2.24, 2.45) is 0 Å². The molecular formula is C14H24N2O. The first-order valence-corrected chi connectivity index (χ1v) is 6.11. The van der Waals surface area contributed by atoms with E-state index in [1.165, 1.54) is 5.56 Å². The number of methoxy groups -OCH3 is 1. The molecule has 0 atom stereocenters. The van der Waals surface area contributed by atoms with Crippen molar-refractivity contribution in [3.8, 4) is 5.75 Å². The van der Waals surface area contributed by atoms with E-state index < -0.39 is 0 Å². The highest BCUT2D eigenvalue weighted by Crippen LogP contribution is 2.28. The molecule has 0 saturated carbocycles. The summed E-state index contributed by atoms with van der Waals surface area (Å²) in [5.74, 6) is 1.45. The highest BCUT2D eigenvalue weighted by atomic mass is 16.5. The molecule has 1 rings (SSSR count). The molecule has 3 heteroatoms. The van der Waals surface area contributed by atoms with E-state index in [0.29, 0.717) is 5.92 Å². The van der Waals surface area contributed by atoms with Crippen LogP contribution in [-0.2, 0) is 0 Å². The second-order valence-corrected chi connectivity index (χ2v) is 4.84. The first-order valence-electron chi connectivity index (χ1n) is 6.11. The maximum Gasteiger partial charge on any atom is 0.142 e. The molecule has 1 N–H and O–H groups in total. The Kier molecular flexibility index (Phi) is 5.29. The van der Waals surface area contributed by atoms with Crippen LogP contribution in [0.25, 0.3) is 0 Å². The van der Waals surface area contributed by atoms with Crippen LogP contribution in [0.1, 0.15) is 25.3 Å². The largest absolute Gasteiger partial charge is 0.495 e. The molecule has 0 aliphatic carbocycles. The summed E-state index contributed by atoms with van der Waals surface area (Å²) in [6.45, 7) is 6.31. The third-order valence-electron chi connectivity index (χ3n) is 2.77. The van der Waals surface area contributed by atoms with Crippen molar-refractivity contribution in [2.75, 3.05) is 39.6 Å². The molecule has 0 saturated heterocycles. The van der Waals surface area contributed by atoms with Crippen molar-refractivity contribution in [3.05, 3.63) is 23.8 Å². The lowest BCUT2D eigenvalue weighted by Crippen LogP contribution is -2.20. The molecule has 0 radical (unpaired) electrons. The van der Waals surface area contributed by atoms with Crippen molar-refractivity contribution in [1.82, 2.24) is 4.90 Å². The predicted octanol–water partition coefficient (Wildman–Crippen LogP) is 2.79. The Morgan fingerprint density at radius 3 is 2.53 bits per heavy atom. The molecule has 0 amide bonds. The third kappa shape index (κ3) is 4.27. The van der Waals surface area contributed by atoms with Crippen molar-refractivity contribution in [3.63, 3.8) is 0 Å². The van der Waals surface area contributed by atoms with E-state index in [1.54, 1.807) is 7.11 Å². The van der Waals surface area contributed by atoms with Crippen LogP contribution in [0.5, 0.6) is 5.75 Å². The Balaban J connectivity index is 2.71. The lowest BCUT2D eigenvalue weighted by molar-refractivity contribution is 0.412. The Morgan fingerprint density at radius 1 is 1.29 bits per heavy atom. The summed E-state index contributed by atoms with van der Waals surface area (Å²) in [4.78, 5) is 2.15. The minimum atomic E-state index is 0.528. The number of nitrogens with one attached hydrogen (secondary N) is 1. The second-order valence-electron chi connectivity index (χ2n) is 4.84. The molecule has 17 heavy (non-hydrogen) atoms. The van der Waals surface area contributed by atoms with Gasteiger partial charge in [-0.1, -0.05) is 19.9 Å². The fraction of sp³-hybridized carbons (Fsp3) is 0.571. The van der Waals surface area contributed by atoms with Gasteiger partial charge < -0.3 is 15.0 Å². The van der Waals surface area contributed by atoms with E-state index in [9.17, 15) is 0 Å². The molecular weight excluding hydrogens is 212 g/mol. The van der Waals surface area contributed by atoms with Gasteiger partial charge in [0.2, 0.25) is 0 Å². The van der Waals surface area contributed by atoms with Gasteiger partial charge in [0.05, 0.1) is 12.8 Å². The Morgan fingerprint density at radius 2 is 2.00 bits per heavy atom. The second kappa shape index (κ2) is 6.50. The summed E-state index contributed by atoms with van der Waals surface area (Å²) in [6, 6.07) is 6.37. The molecule has 96 valence electrons. The fourth-order valence-corrected chi connectivity index (χ4v) is 1.63. The average molecular weight is 236 g/mol. The fourth-order valence-electron chi connectivity index (χ4n) is 1.63. The van der Waals surface area contributed by atoms with Crippen molar-refractivity contribution >= 4 is 5.69 Å². The van der Waals surface area contributed by atoms with Crippen LogP contribution in [0.15, 0.2) is 18.2 Å². The Labute approximate surface area is 105 Å². The van der Waals surface area contributed by atoms with Crippen LogP contribution in [-0.4, -0.2) is 39.2 Å². The zero-order chi connectivity index (χ0) is 12.8. The smallest absolute Gasteiger partial charge is 0.142 e. The quantitative estimate of drug-likeness (QED) is 0.822. The van der Waals surface area contributed by atoms with Crippen LogP contribution >= 0.6 is 0 Å². The molecule has 0 bridgehead atoms. The average Bonchev–Trinajstić information content (AvgIpc) is 2.28. The minimum Gasteiger partial charge on any atom is -0.495 e. The summed E-state index contributed by atoms with van der Waals surface area (Å²) in [5, 5.41) is 3.39. The summed E-state index contributed by atoms with van der Waals surface area (Å²) in [6.07, 6.45) is 0. The predicted molar refractivity (Wildman–Crippen MR) is 74.1 cm³/mol. The van der Waals surface area contributed by atoms with Gasteiger partial charge in [-0.2, -0.15) is 0 Å². The van der Waals surface area contributed by atoms with Crippen LogP contribution in [0.3, 0.4) is 0 Å². The molecule has 0 aliphatic rings. The zero-order valence-corrected chi connectivity index (χ0v) is 11.6. The van der Waals surface area contributed by atoms with Gasteiger partial charge in [-0.3, -0.25) is 0 Å². The van der Waals surface area contributed by atoms with Crippen LogP contribution in [0.4, 0.5) is 5.69 Å². The van der Waals surface area contributed by atoms with E-state index in [4.69, 9.17) is 4.74 Å². The lowest BCUT2D eigenvalue weighted by atomic mass is 10.0. The maximum atomic E-state index is 5.42. The third-order valence-corrected chi connectivity index (χ3v) is 2.77. The number of hydrogen-bond donors (Lipinski definition) is 1. The van der Waals surface area contributed by atoms with Crippen molar-refractivity contribution in [1.29, 1.82) is 0 Å². The van der Waals surface area contributed by atoms with Gasteiger partial charge in [0.25, 0.3) is 0 Å². The Bertz CT molecular complexity index is 348. The van der Waals surface area contributed by atoms with Crippen molar-refractivity contribution < 1.29 is 4.74 Å². The summed E-state index contributed by atoms with van der Waals surface area (Å²) in [7, 11) is 5.86. The molecule has 0 fully saturated rings. The summed E-state index contributed by atoms with van der Waals surface area (Å²) in [5.41, 5.74) is 2.37. The van der Waals surface area contributed by atoms with Gasteiger partial charge in [0.1, 0.15) is 5.75 Å². The van der Waals surface area contributed by atoms with E-state index >= 15 is 0 Å². The molecule has 0 heterocycles. The summed E-state index contributed by atoms with van der Waals surface area (Å²) >= 11 is 0. The first-order chi connectivity index (χ1) is 8.04. The molecule has 1 aromatic carbocycles. The highest BCUT2D eigenvalue weighted by molar-refractivity contribution is 5.58. The normalized spacial score (nSPS) is 11.0. The van der Waals surface area contributed by atoms with E-state index in [-0.39, 0.29) is 0 Å². The Hall–Kier alpha value is -1.22. The SMILES string of the molecule is COc1cc(C(C)C)ccc1NCCN(C)C. The van der Waals surface area contributed by atoms with E-state index in [0.717, 1.165) is 24.5 Å². The number of hydrogen-bond acceptors (Lipinski definition) is 3.